The number of nitro groups is 1. The van der Waals surface area contributed by atoms with Crippen molar-refractivity contribution < 1.29 is 14.1 Å². The number of piperidine rings is 1. The van der Waals surface area contributed by atoms with E-state index in [4.69, 9.17) is 0 Å². The molecule has 0 aliphatic carbocycles. The molecule has 1 aliphatic heterocycles. The monoisotopic (exact) mass is 451 g/mol. The van der Waals surface area contributed by atoms with E-state index < -0.39 is 16.6 Å². The third kappa shape index (κ3) is 4.78. The van der Waals surface area contributed by atoms with E-state index in [-0.39, 0.29) is 17.3 Å². The van der Waals surface area contributed by atoms with Crippen molar-refractivity contribution in [2.24, 2.45) is 0 Å². The molecule has 172 valence electrons. The number of amides is 1. The molecule has 1 amide bonds. The van der Waals surface area contributed by atoms with Crippen molar-refractivity contribution in [3.63, 3.8) is 0 Å². The summed E-state index contributed by atoms with van der Waals surface area (Å²) in [6, 6.07) is 11.1. The van der Waals surface area contributed by atoms with E-state index in [9.17, 15) is 19.3 Å². The van der Waals surface area contributed by atoms with Gasteiger partial charge in [-0.1, -0.05) is 26.0 Å². The Morgan fingerprint density at radius 1 is 1.21 bits per heavy atom. The first-order valence-corrected chi connectivity index (χ1v) is 11.0. The van der Waals surface area contributed by atoms with Crippen LogP contribution in [0, 0.1) is 15.9 Å². The second kappa shape index (κ2) is 9.50. The Hall–Kier alpha value is -3.59. The van der Waals surface area contributed by atoms with E-state index in [1.807, 2.05) is 24.3 Å². The number of carbonyl (C=O) groups is 1. The first kappa shape index (κ1) is 22.6. The number of carbonyl (C=O) groups excluding carboxylic acids is 1. The number of hydrogen-bond donors (Lipinski definition) is 2. The third-order valence-electron chi connectivity index (χ3n) is 5.99. The van der Waals surface area contributed by atoms with Gasteiger partial charge in [-0.15, -0.1) is 0 Å². The van der Waals surface area contributed by atoms with Crippen molar-refractivity contribution in [1.82, 2.24) is 15.1 Å². The zero-order valence-electron chi connectivity index (χ0n) is 18.5. The van der Waals surface area contributed by atoms with E-state index in [0.717, 1.165) is 55.5 Å². The van der Waals surface area contributed by atoms with Gasteiger partial charge in [-0.2, -0.15) is 5.10 Å². The van der Waals surface area contributed by atoms with Gasteiger partial charge in [0.05, 0.1) is 33.8 Å². The van der Waals surface area contributed by atoms with Gasteiger partial charge in [0.2, 0.25) is 0 Å². The highest BCUT2D eigenvalue weighted by Crippen LogP contribution is 2.31. The minimum atomic E-state index is -0.742. The lowest BCUT2D eigenvalue weighted by Gasteiger charge is -2.25. The molecule has 0 bridgehead atoms. The highest BCUT2D eigenvalue weighted by molar-refractivity contribution is 6.05. The van der Waals surface area contributed by atoms with Crippen LogP contribution in [-0.4, -0.2) is 33.7 Å². The van der Waals surface area contributed by atoms with Gasteiger partial charge >= 0.3 is 0 Å². The average molecular weight is 452 g/mol. The summed E-state index contributed by atoms with van der Waals surface area (Å²) in [7, 11) is 0. The number of anilines is 1. The highest BCUT2D eigenvalue weighted by Gasteiger charge is 2.27. The molecule has 2 heterocycles. The quantitative estimate of drug-likeness (QED) is 0.415. The molecule has 3 aromatic rings. The molecule has 2 aromatic carbocycles. The zero-order valence-corrected chi connectivity index (χ0v) is 18.5. The first-order valence-electron chi connectivity index (χ1n) is 11.0. The van der Waals surface area contributed by atoms with Gasteiger partial charge in [-0.25, -0.2) is 9.07 Å². The fourth-order valence-corrected chi connectivity index (χ4v) is 4.14. The number of hydrogen-bond acceptors (Lipinski definition) is 5. The predicted octanol–water partition coefficient (Wildman–Crippen LogP) is 4.76. The maximum Gasteiger partial charge on any atom is 0.271 e. The SMILES string of the molecule is CC(C)c1ccc(-n2ncc(C(=O)Nc3cc([N+](=O)[O-])ccc3F)c2C2CCNCC2)cc1. The minimum absolute atomic E-state index is 0.0919. The summed E-state index contributed by atoms with van der Waals surface area (Å²) in [4.78, 5) is 23.6. The molecule has 1 aromatic heterocycles. The molecular formula is C24H26FN5O3. The Balaban J connectivity index is 1.71. The second-order valence-electron chi connectivity index (χ2n) is 8.50. The standard InChI is InChI=1S/C24H26FN5O3/c1-15(2)16-3-5-18(6-4-16)29-23(17-9-11-26-12-10-17)20(14-27-29)24(31)28-22-13-19(30(32)33)7-8-21(22)25/h3-8,13-15,17,26H,9-12H2,1-2H3,(H,28,31). The van der Waals surface area contributed by atoms with Crippen LogP contribution in [0.25, 0.3) is 5.69 Å². The highest BCUT2D eigenvalue weighted by atomic mass is 19.1. The van der Waals surface area contributed by atoms with Crippen molar-refractivity contribution in [2.75, 3.05) is 18.4 Å². The molecule has 9 heteroatoms. The summed E-state index contributed by atoms with van der Waals surface area (Å²) in [5.74, 6) is -0.803. The van der Waals surface area contributed by atoms with Crippen molar-refractivity contribution in [3.8, 4) is 5.69 Å². The Bertz CT molecular complexity index is 1170. The maximum atomic E-state index is 14.3. The first-order chi connectivity index (χ1) is 15.8. The van der Waals surface area contributed by atoms with E-state index in [1.54, 1.807) is 4.68 Å². The van der Waals surface area contributed by atoms with Crippen LogP contribution >= 0.6 is 0 Å². The molecule has 1 fully saturated rings. The molecule has 33 heavy (non-hydrogen) atoms. The summed E-state index contributed by atoms with van der Waals surface area (Å²) in [5.41, 5.74) is 2.60. The van der Waals surface area contributed by atoms with Crippen molar-refractivity contribution in [2.45, 2.75) is 38.5 Å². The molecule has 1 saturated heterocycles. The minimum Gasteiger partial charge on any atom is -0.319 e. The molecule has 0 radical (unpaired) electrons. The van der Waals surface area contributed by atoms with Gasteiger partial charge in [-0.3, -0.25) is 14.9 Å². The van der Waals surface area contributed by atoms with E-state index in [0.29, 0.717) is 11.5 Å². The summed E-state index contributed by atoms with van der Waals surface area (Å²) < 4.78 is 16.0. The number of non-ortho nitro benzene ring substituents is 1. The lowest BCUT2D eigenvalue weighted by molar-refractivity contribution is -0.384. The summed E-state index contributed by atoms with van der Waals surface area (Å²) in [6.45, 7) is 5.89. The Kier molecular flexibility index (Phi) is 6.50. The number of nitrogens with zero attached hydrogens (tertiary/aromatic N) is 3. The second-order valence-corrected chi connectivity index (χ2v) is 8.50. The smallest absolute Gasteiger partial charge is 0.271 e. The maximum absolute atomic E-state index is 14.3. The molecule has 0 unspecified atom stereocenters. The van der Waals surface area contributed by atoms with Crippen LogP contribution in [0.15, 0.2) is 48.7 Å². The van der Waals surface area contributed by atoms with Crippen LogP contribution in [0.2, 0.25) is 0 Å². The summed E-state index contributed by atoms with van der Waals surface area (Å²) in [5, 5.41) is 21.4. The normalized spacial score (nSPS) is 14.4. The molecule has 0 spiro atoms. The summed E-state index contributed by atoms with van der Waals surface area (Å²) >= 11 is 0. The van der Waals surface area contributed by atoms with Gasteiger partial charge in [-0.05, 0) is 55.6 Å². The molecule has 0 atom stereocenters. The van der Waals surface area contributed by atoms with E-state index >= 15 is 0 Å². The molecular weight excluding hydrogens is 425 g/mol. The number of aromatic nitrogens is 2. The Morgan fingerprint density at radius 2 is 1.91 bits per heavy atom. The van der Waals surface area contributed by atoms with Crippen molar-refractivity contribution in [1.29, 1.82) is 0 Å². The molecule has 0 saturated carbocycles. The van der Waals surface area contributed by atoms with Gasteiger partial charge in [0, 0.05) is 18.1 Å². The number of nitrogens with one attached hydrogen (secondary N) is 2. The van der Waals surface area contributed by atoms with Crippen LogP contribution in [0.4, 0.5) is 15.8 Å². The Labute approximate surface area is 191 Å². The summed E-state index contributed by atoms with van der Waals surface area (Å²) in [6.07, 6.45) is 3.15. The number of rotatable bonds is 6. The molecule has 8 nitrogen and oxygen atoms in total. The average Bonchev–Trinajstić information content (AvgIpc) is 3.26. The third-order valence-corrected chi connectivity index (χ3v) is 5.99. The van der Waals surface area contributed by atoms with Crippen LogP contribution < -0.4 is 10.6 Å². The van der Waals surface area contributed by atoms with Gasteiger partial charge in [0.1, 0.15) is 5.82 Å². The molecule has 2 N–H and O–H groups in total. The lowest BCUT2D eigenvalue weighted by Crippen LogP contribution is -2.29. The largest absolute Gasteiger partial charge is 0.319 e. The number of nitro benzene ring substituents is 1. The van der Waals surface area contributed by atoms with E-state index in [2.05, 4.69) is 29.6 Å². The fourth-order valence-electron chi connectivity index (χ4n) is 4.14. The van der Waals surface area contributed by atoms with Gasteiger partial charge in [0.15, 0.2) is 0 Å². The Morgan fingerprint density at radius 3 is 2.55 bits per heavy atom. The number of halogens is 1. The lowest BCUT2D eigenvalue weighted by atomic mass is 9.91. The molecule has 4 rings (SSSR count). The van der Waals surface area contributed by atoms with Gasteiger partial charge in [0.25, 0.3) is 11.6 Å². The van der Waals surface area contributed by atoms with Crippen molar-refractivity contribution in [3.05, 3.63) is 81.4 Å². The van der Waals surface area contributed by atoms with Crippen molar-refractivity contribution >= 4 is 17.3 Å². The van der Waals surface area contributed by atoms with Crippen LogP contribution in [0.3, 0.4) is 0 Å². The zero-order chi connectivity index (χ0) is 23.5. The van der Waals surface area contributed by atoms with E-state index in [1.165, 1.54) is 11.8 Å². The van der Waals surface area contributed by atoms with Gasteiger partial charge < -0.3 is 10.6 Å². The van der Waals surface area contributed by atoms with Crippen LogP contribution in [0.1, 0.15) is 60.1 Å². The fraction of sp³-hybridized carbons (Fsp3) is 0.333. The molecule has 1 aliphatic rings. The predicted molar refractivity (Wildman–Crippen MR) is 124 cm³/mol. The topological polar surface area (TPSA) is 102 Å². The van der Waals surface area contributed by atoms with Crippen LogP contribution in [-0.2, 0) is 0 Å². The van der Waals surface area contributed by atoms with Crippen LogP contribution in [0.5, 0.6) is 0 Å². The number of benzene rings is 2.